The molecule has 1 nitrogen and oxygen atoms in total. The van der Waals surface area contributed by atoms with E-state index in [9.17, 15) is 4.79 Å². The van der Waals surface area contributed by atoms with Gasteiger partial charge in [-0.3, -0.25) is 4.79 Å². The van der Waals surface area contributed by atoms with E-state index in [0.717, 1.165) is 18.4 Å². The van der Waals surface area contributed by atoms with Crippen LogP contribution >= 0.6 is 11.6 Å². The molecule has 0 aliphatic carbocycles. The predicted octanol–water partition coefficient (Wildman–Crippen LogP) is 3.45. The second kappa shape index (κ2) is 6.27. The Balaban J connectivity index is 2.57. The van der Waals surface area contributed by atoms with Crippen molar-refractivity contribution in [2.45, 2.75) is 26.2 Å². The van der Waals surface area contributed by atoms with Crippen molar-refractivity contribution in [1.29, 1.82) is 0 Å². The molecule has 1 aromatic carbocycles. The van der Waals surface area contributed by atoms with Gasteiger partial charge in [0.1, 0.15) is 0 Å². The highest BCUT2D eigenvalue weighted by molar-refractivity contribution is 6.30. The lowest BCUT2D eigenvalue weighted by molar-refractivity contribution is -0.113. The Labute approximate surface area is 95.5 Å². The Bertz CT molecular complexity index is 381. The van der Waals surface area contributed by atoms with E-state index >= 15 is 0 Å². The van der Waals surface area contributed by atoms with Gasteiger partial charge in [-0.1, -0.05) is 30.9 Å². The molecule has 0 saturated heterocycles. The second-order valence-electron chi connectivity index (χ2n) is 3.28. The Morgan fingerprint density at radius 2 is 2.00 bits per heavy atom. The van der Waals surface area contributed by atoms with Gasteiger partial charge in [0.25, 0.3) is 0 Å². The topological polar surface area (TPSA) is 17.1 Å². The molecule has 0 spiro atoms. The van der Waals surface area contributed by atoms with Crippen LogP contribution in [0.4, 0.5) is 0 Å². The van der Waals surface area contributed by atoms with Gasteiger partial charge in [-0.15, -0.1) is 0 Å². The van der Waals surface area contributed by atoms with Gasteiger partial charge in [-0.2, -0.15) is 0 Å². The van der Waals surface area contributed by atoms with Gasteiger partial charge in [-0.25, -0.2) is 0 Å². The number of carbonyl (C=O) groups excluding carboxylic acids is 1. The molecule has 0 atom stereocenters. The van der Waals surface area contributed by atoms with E-state index in [1.807, 2.05) is 12.1 Å². The van der Waals surface area contributed by atoms with Crippen molar-refractivity contribution in [3.8, 4) is 11.8 Å². The molecule has 1 aromatic rings. The normalized spacial score (nSPS) is 9.20. The smallest absolute Gasteiger partial charge is 0.205 e. The summed E-state index contributed by atoms with van der Waals surface area (Å²) in [6, 6.07) is 7.15. The van der Waals surface area contributed by atoms with Crippen molar-refractivity contribution in [3.63, 3.8) is 0 Å². The van der Waals surface area contributed by atoms with Crippen LogP contribution in [-0.2, 0) is 4.79 Å². The van der Waals surface area contributed by atoms with Crippen LogP contribution in [0.1, 0.15) is 31.7 Å². The average Bonchev–Trinajstić information content (AvgIpc) is 2.25. The summed E-state index contributed by atoms with van der Waals surface area (Å²) in [5, 5.41) is 0.679. The number of rotatable bonds is 3. The summed E-state index contributed by atoms with van der Waals surface area (Å²) < 4.78 is 0. The monoisotopic (exact) mass is 220 g/mol. The Hall–Kier alpha value is -1.26. The molecule has 0 heterocycles. The summed E-state index contributed by atoms with van der Waals surface area (Å²) in [4.78, 5) is 11.2. The maximum absolute atomic E-state index is 11.2. The summed E-state index contributed by atoms with van der Waals surface area (Å²) in [5.41, 5.74) is 0.823. The maximum atomic E-state index is 11.2. The first kappa shape index (κ1) is 11.8. The number of unbranched alkanes of at least 4 members (excludes halogenated alkanes) is 1. The van der Waals surface area contributed by atoms with Gasteiger partial charge in [-0.05, 0) is 36.6 Å². The van der Waals surface area contributed by atoms with Crippen LogP contribution in [0.2, 0.25) is 5.02 Å². The number of hydrogen-bond donors (Lipinski definition) is 0. The number of Topliss-reactive ketones (excluding diaryl/α,β-unsaturated/α-hetero) is 1. The molecule has 0 saturated carbocycles. The molecule has 0 aliphatic heterocycles. The molecule has 0 aliphatic rings. The molecule has 0 radical (unpaired) electrons. The molecular weight excluding hydrogens is 208 g/mol. The molecule has 2 heteroatoms. The predicted molar refractivity (Wildman–Crippen MR) is 62.9 cm³/mol. The van der Waals surface area contributed by atoms with Crippen LogP contribution in [0.25, 0.3) is 0 Å². The maximum Gasteiger partial charge on any atom is 0.205 e. The lowest BCUT2D eigenvalue weighted by Gasteiger charge is -1.90. The van der Waals surface area contributed by atoms with Crippen LogP contribution in [0.15, 0.2) is 24.3 Å². The van der Waals surface area contributed by atoms with E-state index in [-0.39, 0.29) is 5.78 Å². The molecule has 0 aromatic heterocycles. The molecular formula is C13H13ClO. The van der Waals surface area contributed by atoms with Crippen LogP contribution in [0.3, 0.4) is 0 Å². The second-order valence-corrected chi connectivity index (χ2v) is 3.72. The van der Waals surface area contributed by atoms with Crippen molar-refractivity contribution >= 4 is 17.4 Å². The molecule has 0 N–H and O–H groups in total. The van der Waals surface area contributed by atoms with Crippen molar-refractivity contribution < 1.29 is 4.79 Å². The lowest BCUT2D eigenvalue weighted by Crippen LogP contribution is -1.92. The molecule has 0 amide bonds. The van der Waals surface area contributed by atoms with Crippen molar-refractivity contribution in [2.75, 3.05) is 0 Å². The molecule has 0 bridgehead atoms. The van der Waals surface area contributed by atoms with Crippen molar-refractivity contribution in [2.24, 2.45) is 0 Å². The van der Waals surface area contributed by atoms with E-state index in [2.05, 4.69) is 18.8 Å². The molecule has 15 heavy (non-hydrogen) atoms. The van der Waals surface area contributed by atoms with Gasteiger partial charge < -0.3 is 0 Å². The fraction of sp³-hybridized carbons (Fsp3) is 0.308. The SMILES string of the molecule is CCCCC(=O)C#Cc1ccc(Cl)cc1. The van der Waals surface area contributed by atoms with E-state index in [1.165, 1.54) is 0 Å². The summed E-state index contributed by atoms with van der Waals surface area (Å²) >= 11 is 5.73. The first-order chi connectivity index (χ1) is 7.22. The minimum atomic E-state index is 0.00630. The number of benzene rings is 1. The third-order valence-electron chi connectivity index (χ3n) is 1.95. The largest absolute Gasteiger partial charge is 0.285 e. The minimum Gasteiger partial charge on any atom is -0.285 e. The summed E-state index contributed by atoms with van der Waals surface area (Å²) in [7, 11) is 0. The quantitative estimate of drug-likeness (QED) is 0.714. The van der Waals surface area contributed by atoms with E-state index in [4.69, 9.17) is 11.6 Å². The summed E-state index contributed by atoms with van der Waals surface area (Å²) in [6.07, 6.45) is 2.49. The summed E-state index contributed by atoms with van der Waals surface area (Å²) in [5.74, 6) is 5.45. The standard InChI is InChI=1S/C13H13ClO/c1-2-3-4-13(15)10-7-11-5-8-12(14)9-6-11/h5-6,8-9H,2-4H2,1H3. The highest BCUT2D eigenvalue weighted by atomic mass is 35.5. The zero-order valence-electron chi connectivity index (χ0n) is 8.72. The fourth-order valence-electron chi connectivity index (χ4n) is 1.07. The van der Waals surface area contributed by atoms with E-state index in [0.29, 0.717) is 11.4 Å². The zero-order chi connectivity index (χ0) is 11.1. The van der Waals surface area contributed by atoms with Gasteiger partial charge in [0.05, 0.1) is 0 Å². The molecule has 78 valence electrons. The van der Waals surface area contributed by atoms with Crippen LogP contribution in [0.5, 0.6) is 0 Å². The number of carbonyl (C=O) groups is 1. The number of ketones is 1. The van der Waals surface area contributed by atoms with Gasteiger partial charge in [0, 0.05) is 17.0 Å². The Kier molecular flexibility index (Phi) is 4.93. The number of halogens is 1. The van der Waals surface area contributed by atoms with Crippen molar-refractivity contribution in [3.05, 3.63) is 34.9 Å². The highest BCUT2D eigenvalue weighted by Gasteiger charge is 1.94. The minimum absolute atomic E-state index is 0.00630. The van der Waals surface area contributed by atoms with Crippen LogP contribution < -0.4 is 0 Å². The van der Waals surface area contributed by atoms with Gasteiger partial charge >= 0.3 is 0 Å². The molecule has 0 unspecified atom stereocenters. The first-order valence-corrected chi connectivity index (χ1v) is 5.40. The van der Waals surface area contributed by atoms with Crippen LogP contribution in [0, 0.1) is 11.8 Å². The van der Waals surface area contributed by atoms with E-state index < -0.39 is 0 Å². The Morgan fingerprint density at radius 1 is 1.33 bits per heavy atom. The van der Waals surface area contributed by atoms with Gasteiger partial charge in [0.15, 0.2) is 0 Å². The Morgan fingerprint density at radius 3 is 2.60 bits per heavy atom. The van der Waals surface area contributed by atoms with Crippen molar-refractivity contribution in [1.82, 2.24) is 0 Å². The highest BCUT2D eigenvalue weighted by Crippen LogP contribution is 2.08. The van der Waals surface area contributed by atoms with E-state index in [1.54, 1.807) is 12.1 Å². The number of hydrogen-bond acceptors (Lipinski definition) is 1. The fourth-order valence-corrected chi connectivity index (χ4v) is 1.20. The van der Waals surface area contributed by atoms with Crippen LogP contribution in [-0.4, -0.2) is 5.78 Å². The molecule has 0 fully saturated rings. The molecule has 1 rings (SSSR count). The summed E-state index contributed by atoms with van der Waals surface area (Å²) in [6.45, 7) is 2.06. The third kappa shape index (κ3) is 4.67. The first-order valence-electron chi connectivity index (χ1n) is 5.03. The zero-order valence-corrected chi connectivity index (χ0v) is 9.47. The third-order valence-corrected chi connectivity index (χ3v) is 2.20. The van der Waals surface area contributed by atoms with Gasteiger partial charge in [0.2, 0.25) is 5.78 Å². The average molecular weight is 221 g/mol. The lowest BCUT2D eigenvalue weighted by atomic mass is 10.1.